The highest BCUT2D eigenvalue weighted by Crippen LogP contribution is 2.06. The van der Waals surface area contributed by atoms with Crippen LogP contribution in [0.1, 0.15) is 11.3 Å². The standard InChI is InChI=1S/C9H9N.H3N/c1-3-8-6-5-7-10-9(8)4-2;/h3-7H,1-2H2;1H3. The summed E-state index contributed by atoms with van der Waals surface area (Å²) in [6.45, 7) is 7.28. The van der Waals surface area contributed by atoms with Gasteiger partial charge in [0.25, 0.3) is 0 Å². The van der Waals surface area contributed by atoms with E-state index >= 15 is 0 Å². The largest absolute Gasteiger partial charge is 0.344 e. The Hall–Kier alpha value is -1.41. The van der Waals surface area contributed by atoms with E-state index in [0.717, 1.165) is 11.3 Å². The second-order valence-corrected chi connectivity index (χ2v) is 1.89. The fourth-order valence-corrected chi connectivity index (χ4v) is 0.773. The summed E-state index contributed by atoms with van der Waals surface area (Å²) in [5, 5.41) is 0. The maximum atomic E-state index is 4.08. The van der Waals surface area contributed by atoms with Crippen molar-refractivity contribution in [2.45, 2.75) is 0 Å². The second kappa shape index (κ2) is 4.41. The van der Waals surface area contributed by atoms with Gasteiger partial charge in [-0.3, -0.25) is 4.98 Å². The lowest BCUT2D eigenvalue weighted by atomic mass is 10.2. The normalized spacial score (nSPS) is 8.00. The van der Waals surface area contributed by atoms with Crippen LogP contribution in [0.2, 0.25) is 0 Å². The first kappa shape index (κ1) is 9.59. The Labute approximate surface area is 66.9 Å². The van der Waals surface area contributed by atoms with Crippen molar-refractivity contribution in [3.63, 3.8) is 0 Å². The summed E-state index contributed by atoms with van der Waals surface area (Å²) in [7, 11) is 0. The molecule has 0 aliphatic rings. The zero-order valence-corrected chi connectivity index (χ0v) is 6.46. The molecule has 0 unspecified atom stereocenters. The van der Waals surface area contributed by atoms with Crippen LogP contribution in [0.15, 0.2) is 31.5 Å². The zero-order chi connectivity index (χ0) is 7.40. The monoisotopic (exact) mass is 148 g/mol. The number of nitrogens with zero attached hydrogens (tertiary/aromatic N) is 1. The molecule has 0 fully saturated rings. The third-order valence-electron chi connectivity index (χ3n) is 1.28. The first-order valence-electron chi connectivity index (χ1n) is 3.08. The zero-order valence-electron chi connectivity index (χ0n) is 6.46. The quantitative estimate of drug-likeness (QED) is 0.700. The molecule has 0 aromatic carbocycles. The van der Waals surface area contributed by atoms with E-state index in [2.05, 4.69) is 18.1 Å². The fourth-order valence-electron chi connectivity index (χ4n) is 0.773. The molecular weight excluding hydrogens is 136 g/mol. The van der Waals surface area contributed by atoms with Gasteiger partial charge in [-0.15, -0.1) is 0 Å². The Morgan fingerprint density at radius 3 is 2.45 bits per heavy atom. The molecule has 0 atom stereocenters. The van der Waals surface area contributed by atoms with Crippen molar-refractivity contribution < 1.29 is 0 Å². The van der Waals surface area contributed by atoms with Crippen LogP contribution in [0.5, 0.6) is 0 Å². The highest BCUT2D eigenvalue weighted by molar-refractivity contribution is 5.59. The van der Waals surface area contributed by atoms with Crippen LogP contribution in [0.3, 0.4) is 0 Å². The van der Waals surface area contributed by atoms with Crippen molar-refractivity contribution >= 4 is 12.2 Å². The van der Waals surface area contributed by atoms with Crippen LogP contribution in [0.25, 0.3) is 12.2 Å². The lowest BCUT2D eigenvalue weighted by Crippen LogP contribution is -1.82. The van der Waals surface area contributed by atoms with Crippen molar-refractivity contribution in [3.05, 3.63) is 42.7 Å². The van der Waals surface area contributed by atoms with E-state index in [-0.39, 0.29) is 6.15 Å². The first-order valence-corrected chi connectivity index (χ1v) is 3.08. The first-order chi connectivity index (χ1) is 4.88. The number of pyridine rings is 1. The average Bonchev–Trinajstić information content (AvgIpc) is 2.04. The van der Waals surface area contributed by atoms with Crippen molar-refractivity contribution in [1.29, 1.82) is 0 Å². The molecule has 2 nitrogen and oxygen atoms in total. The molecule has 0 aliphatic heterocycles. The molecule has 0 amide bonds. The molecule has 58 valence electrons. The molecule has 0 spiro atoms. The van der Waals surface area contributed by atoms with E-state index in [1.165, 1.54) is 0 Å². The van der Waals surface area contributed by atoms with Gasteiger partial charge in [0, 0.05) is 6.20 Å². The van der Waals surface area contributed by atoms with Gasteiger partial charge in [0.15, 0.2) is 0 Å². The Balaban J connectivity index is 0.000001000. The Bertz CT molecular complexity index is 226. The van der Waals surface area contributed by atoms with E-state index in [0.29, 0.717) is 0 Å². The second-order valence-electron chi connectivity index (χ2n) is 1.89. The SMILES string of the molecule is C=Cc1cccnc1C=C.N. The molecule has 1 rings (SSSR count). The van der Waals surface area contributed by atoms with Crippen molar-refractivity contribution in [1.82, 2.24) is 11.1 Å². The predicted octanol–water partition coefficient (Wildman–Crippen LogP) is 2.53. The third kappa shape index (κ3) is 2.02. The molecule has 1 heterocycles. The summed E-state index contributed by atoms with van der Waals surface area (Å²) in [6, 6.07) is 3.83. The van der Waals surface area contributed by atoms with Gasteiger partial charge >= 0.3 is 0 Å². The van der Waals surface area contributed by atoms with Gasteiger partial charge in [-0.25, -0.2) is 0 Å². The molecule has 2 heteroatoms. The number of aromatic nitrogens is 1. The number of hydrogen-bond acceptors (Lipinski definition) is 2. The highest BCUT2D eigenvalue weighted by Gasteiger charge is 1.91. The van der Waals surface area contributed by atoms with Crippen LogP contribution in [-0.2, 0) is 0 Å². The smallest absolute Gasteiger partial charge is 0.0695 e. The fraction of sp³-hybridized carbons (Fsp3) is 0. The van der Waals surface area contributed by atoms with Crippen LogP contribution >= 0.6 is 0 Å². The van der Waals surface area contributed by atoms with Crippen LogP contribution in [-0.4, -0.2) is 4.98 Å². The van der Waals surface area contributed by atoms with Gasteiger partial charge in [0.05, 0.1) is 5.69 Å². The van der Waals surface area contributed by atoms with Gasteiger partial charge in [-0.1, -0.05) is 25.3 Å². The van der Waals surface area contributed by atoms with E-state index < -0.39 is 0 Å². The maximum Gasteiger partial charge on any atom is 0.0695 e. The summed E-state index contributed by atoms with van der Waals surface area (Å²) >= 11 is 0. The topological polar surface area (TPSA) is 47.9 Å². The van der Waals surface area contributed by atoms with Gasteiger partial charge < -0.3 is 6.15 Å². The summed E-state index contributed by atoms with van der Waals surface area (Å²) in [5.74, 6) is 0. The maximum absolute atomic E-state index is 4.08. The summed E-state index contributed by atoms with van der Waals surface area (Å²) in [5.41, 5.74) is 1.91. The Kier molecular flexibility index (Phi) is 3.85. The minimum Gasteiger partial charge on any atom is -0.344 e. The van der Waals surface area contributed by atoms with Crippen molar-refractivity contribution in [2.24, 2.45) is 0 Å². The van der Waals surface area contributed by atoms with Crippen molar-refractivity contribution in [3.8, 4) is 0 Å². The molecule has 1 aromatic rings. The molecule has 0 radical (unpaired) electrons. The van der Waals surface area contributed by atoms with Gasteiger partial charge in [0.1, 0.15) is 0 Å². The molecule has 11 heavy (non-hydrogen) atoms. The molecule has 3 N–H and O–H groups in total. The Morgan fingerprint density at radius 1 is 1.27 bits per heavy atom. The summed E-state index contributed by atoms with van der Waals surface area (Å²) in [6.07, 6.45) is 5.23. The minimum absolute atomic E-state index is 0. The van der Waals surface area contributed by atoms with Crippen LogP contribution in [0.4, 0.5) is 0 Å². The van der Waals surface area contributed by atoms with Gasteiger partial charge in [-0.2, -0.15) is 0 Å². The van der Waals surface area contributed by atoms with Crippen LogP contribution in [0, 0.1) is 0 Å². The summed E-state index contributed by atoms with van der Waals surface area (Å²) < 4.78 is 0. The van der Waals surface area contributed by atoms with E-state index in [1.54, 1.807) is 18.3 Å². The summed E-state index contributed by atoms with van der Waals surface area (Å²) in [4.78, 5) is 4.08. The van der Waals surface area contributed by atoms with Gasteiger partial charge in [-0.05, 0) is 17.7 Å². The lowest BCUT2D eigenvalue weighted by Gasteiger charge is -1.95. The van der Waals surface area contributed by atoms with Crippen LogP contribution < -0.4 is 6.15 Å². The molecular formula is C9H12N2. The van der Waals surface area contributed by atoms with Gasteiger partial charge in [0.2, 0.25) is 0 Å². The van der Waals surface area contributed by atoms with Crippen molar-refractivity contribution in [2.75, 3.05) is 0 Å². The molecule has 1 aromatic heterocycles. The minimum atomic E-state index is 0. The molecule has 0 saturated carbocycles. The molecule has 0 aliphatic carbocycles. The van der Waals surface area contributed by atoms with E-state index in [9.17, 15) is 0 Å². The third-order valence-corrected chi connectivity index (χ3v) is 1.28. The molecule has 0 saturated heterocycles. The predicted molar refractivity (Wildman–Crippen MR) is 49.4 cm³/mol. The van der Waals surface area contributed by atoms with E-state index in [4.69, 9.17) is 0 Å². The number of hydrogen-bond donors (Lipinski definition) is 1. The highest BCUT2D eigenvalue weighted by atomic mass is 14.7. The lowest BCUT2D eigenvalue weighted by molar-refractivity contribution is 1.28. The average molecular weight is 148 g/mol. The number of rotatable bonds is 2. The Morgan fingerprint density at radius 2 is 2.00 bits per heavy atom. The van der Waals surface area contributed by atoms with E-state index in [1.807, 2.05) is 12.1 Å². The molecule has 0 bridgehead atoms.